The van der Waals surface area contributed by atoms with E-state index in [9.17, 15) is 4.79 Å². The highest BCUT2D eigenvalue weighted by molar-refractivity contribution is 5.80. The minimum atomic E-state index is -0.145. The Kier molecular flexibility index (Phi) is 3.33. The largest absolute Gasteiger partial charge is 0.378 e. The molecule has 1 aromatic rings. The Morgan fingerprint density at radius 2 is 1.85 bits per heavy atom. The first-order valence-electron chi connectivity index (χ1n) is 6.99. The Morgan fingerprint density at radius 3 is 2.55 bits per heavy atom. The SMILES string of the molecule is Cc1nc(N2C[C@H]3COC[C@@H](C2)C(=O)N3)nc(C)c1C. The van der Waals surface area contributed by atoms with Crippen LogP contribution in [0.4, 0.5) is 5.95 Å². The molecule has 0 aliphatic carbocycles. The van der Waals surface area contributed by atoms with Gasteiger partial charge in [-0.05, 0) is 26.3 Å². The van der Waals surface area contributed by atoms with Crippen molar-refractivity contribution in [2.75, 3.05) is 31.2 Å². The lowest BCUT2D eigenvalue weighted by Gasteiger charge is -2.28. The van der Waals surface area contributed by atoms with Gasteiger partial charge in [0.2, 0.25) is 11.9 Å². The summed E-state index contributed by atoms with van der Waals surface area (Å²) in [6, 6.07) is 0.0144. The summed E-state index contributed by atoms with van der Waals surface area (Å²) >= 11 is 0. The number of anilines is 1. The molecule has 6 nitrogen and oxygen atoms in total. The fourth-order valence-corrected chi connectivity index (χ4v) is 2.69. The number of carbonyl (C=O) groups excluding carboxylic acids is 1. The van der Waals surface area contributed by atoms with Crippen LogP contribution in [0.3, 0.4) is 0 Å². The van der Waals surface area contributed by atoms with Gasteiger partial charge < -0.3 is 15.0 Å². The number of fused-ring (bicyclic) bond motifs is 3. The number of nitrogens with zero attached hydrogens (tertiary/aromatic N) is 3. The number of hydrogen-bond acceptors (Lipinski definition) is 5. The van der Waals surface area contributed by atoms with Crippen molar-refractivity contribution < 1.29 is 9.53 Å². The zero-order chi connectivity index (χ0) is 14.3. The van der Waals surface area contributed by atoms with Crippen LogP contribution in [-0.2, 0) is 9.53 Å². The molecule has 0 spiro atoms. The summed E-state index contributed by atoms with van der Waals surface area (Å²) in [7, 11) is 0. The lowest BCUT2D eigenvalue weighted by Crippen LogP contribution is -2.42. The number of amides is 1. The third kappa shape index (κ3) is 2.35. The first-order chi connectivity index (χ1) is 9.54. The molecule has 1 N–H and O–H groups in total. The third-order valence-electron chi connectivity index (χ3n) is 4.14. The average molecular weight is 276 g/mol. The summed E-state index contributed by atoms with van der Waals surface area (Å²) in [6.45, 7) is 8.38. The molecular formula is C14H20N4O2. The van der Waals surface area contributed by atoms with Gasteiger partial charge in [0, 0.05) is 24.5 Å². The van der Waals surface area contributed by atoms with E-state index in [-0.39, 0.29) is 17.9 Å². The molecule has 1 amide bonds. The molecule has 1 aromatic heterocycles. The van der Waals surface area contributed by atoms with Crippen LogP contribution in [0.15, 0.2) is 0 Å². The molecule has 3 rings (SSSR count). The number of ether oxygens (including phenoxy) is 1. The molecule has 2 atom stereocenters. The maximum absolute atomic E-state index is 12.0. The Hall–Kier alpha value is -1.69. The molecule has 2 fully saturated rings. The van der Waals surface area contributed by atoms with E-state index < -0.39 is 0 Å². The van der Waals surface area contributed by atoms with E-state index in [1.807, 2.05) is 20.8 Å². The molecule has 2 aliphatic rings. The summed E-state index contributed by atoms with van der Waals surface area (Å²) in [5, 5.41) is 3.02. The van der Waals surface area contributed by atoms with Crippen LogP contribution in [0.2, 0.25) is 0 Å². The van der Waals surface area contributed by atoms with Crippen LogP contribution in [0, 0.1) is 26.7 Å². The van der Waals surface area contributed by atoms with Crippen LogP contribution in [0.1, 0.15) is 17.0 Å². The monoisotopic (exact) mass is 276 g/mol. The van der Waals surface area contributed by atoms with Crippen LogP contribution in [-0.4, -0.2) is 48.2 Å². The van der Waals surface area contributed by atoms with Crippen LogP contribution >= 0.6 is 0 Å². The maximum Gasteiger partial charge on any atom is 0.227 e. The highest BCUT2D eigenvalue weighted by Crippen LogP contribution is 2.20. The molecule has 0 unspecified atom stereocenters. The Balaban J connectivity index is 1.92. The summed E-state index contributed by atoms with van der Waals surface area (Å²) in [6.07, 6.45) is 0. The van der Waals surface area contributed by atoms with Gasteiger partial charge in [-0.2, -0.15) is 0 Å². The van der Waals surface area contributed by atoms with Gasteiger partial charge in [-0.15, -0.1) is 0 Å². The number of hydrogen-bond donors (Lipinski definition) is 1. The van der Waals surface area contributed by atoms with E-state index in [2.05, 4.69) is 20.2 Å². The van der Waals surface area contributed by atoms with E-state index >= 15 is 0 Å². The van der Waals surface area contributed by atoms with Crippen LogP contribution < -0.4 is 10.2 Å². The highest BCUT2D eigenvalue weighted by Gasteiger charge is 2.34. The van der Waals surface area contributed by atoms with Gasteiger partial charge in [-0.25, -0.2) is 9.97 Å². The first-order valence-corrected chi connectivity index (χ1v) is 6.99. The van der Waals surface area contributed by atoms with Gasteiger partial charge >= 0.3 is 0 Å². The van der Waals surface area contributed by atoms with Crippen molar-refractivity contribution in [3.8, 4) is 0 Å². The summed E-state index contributed by atoms with van der Waals surface area (Å²) in [4.78, 5) is 23.3. The molecule has 0 radical (unpaired) electrons. The van der Waals surface area contributed by atoms with Gasteiger partial charge in [-0.3, -0.25) is 4.79 Å². The number of rotatable bonds is 1. The van der Waals surface area contributed by atoms with E-state index in [4.69, 9.17) is 4.74 Å². The number of aryl methyl sites for hydroxylation is 2. The Morgan fingerprint density at radius 1 is 1.15 bits per heavy atom. The number of carbonyl (C=O) groups is 1. The minimum Gasteiger partial charge on any atom is -0.378 e. The predicted molar refractivity (Wildman–Crippen MR) is 74.7 cm³/mol. The van der Waals surface area contributed by atoms with Crippen molar-refractivity contribution in [1.29, 1.82) is 0 Å². The molecular weight excluding hydrogens is 256 g/mol. The molecule has 20 heavy (non-hydrogen) atoms. The van der Waals surface area contributed by atoms with Gasteiger partial charge in [0.15, 0.2) is 0 Å². The highest BCUT2D eigenvalue weighted by atomic mass is 16.5. The molecule has 6 heteroatoms. The normalized spacial score (nSPS) is 26.1. The molecule has 0 saturated carbocycles. The van der Waals surface area contributed by atoms with Crippen molar-refractivity contribution in [3.05, 3.63) is 17.0 Å². The van der Waals surface area contributed by atoms with Crippen molar-refractivity contribution in [1.82, 2.24) is 15.3 Å². The smallest absolute Gasteiger partial charge is 0.227 e. The standard InChI is InChI=1S/C14H20N4O2/c1-8-9(2)15-14(16-10(8)3)18-4-11-6-20-7-12(5-18)17-13(11)19/h11-12H,4-7H2,1-3H3,(H,17,19)/t11-,12+/m1/s1. The molecule has 3 heterocycles. The van der Waals surface area contributed by atoms with Crippen molar-refractivity contribution in [2.45, 2.75) is 26.8 Å². The average Bonchev–Trinajstić information content (AvgIpc) is 2.63. The fourth-order valence-electron chi connectivity index (χ4n) is 2.69. The quantitative estimate of drug-likeness (QED) is 0.802. The third-order valence-corrected chi connectivity index (χ3v) is 4.14. The topological polar surface area (TPSA) is 67.4 Å². The summed E-state index contributed by atoms with van der Waals surface area (Å²) < 4.78 is 5.53. The first kappa shape index (κ1) is 13.3. The lowest BCUT2D eigenvalue weighted by atomic mass is 10.1. The molecule has 2 aliphatic heterocycles. The second-order valence-electron chi connectivity index (χ2n) is 5.66. The van der Waals surface area contributed by atoms with E-state index in [1.165, 1.54) is 0 Å². The van der Waals surface area contributed by atoms with Gasteiger partial charge in [-0.1, -0.05) is 0 Å². The van der Waals surface area contributed by atoms with Crippen molar-refractivity contribution in [3.63, 3.8) is 0 Å². The fraction of sp³-hybridized carbons (Fsp3) is 0.643. The molecule has 0 aromatic carbocycles. The van der Waals surface area contributed by atoms with Gasteiger partial charge in [0.1, 0.15) is 0 Å². The number of nitrogens with one attached hydrogen (secondary N) is 1. The second kappa shape index (κ2) is 5.01. The zero-order valence-electron chi connectivity index (χ0n) is 12.1. The lowest BCUT2D eigenvalue weighted by molar-refractivity contribution is -0.124. The predicted octanol–water partition coefficient (Wildman–Crippen LogP) is 0.353. The maximum atomic E-state index is 12.0. The van der Waals surface area contributed by atoms with E-state index in [1.54, 1.807) is 0 Å². The Bertz CT molecular complexity index is 523. The van der Waals surface area contributed by atoms with Gasteiger partial charge in [0.05, 0.1) is 25.2 Å². The molecule has 2 bridgehead atoms. The van der Waals surface area contributed by atoms with E-state index in [0.717, 1.165) is 22.9 Å². The van der Waals surface area contributed by atoms with Crippen molar-refractivity contribution in [2.24, 2.45) is 5.92 Å². The summed E-state index contributed by atoms with van der Waals surface area (Å²) in [5.41, 5.74) is 3.12. The second-order valence-corrected chi connectivity index (χ2v) is 5.66. The minimum absolute atomic E-state index is 0.0144. The molecule has 108 valence electrons. The zero-order valence-corrected chi connectivity index (χ0v) is 12.1. The van der Waals surface area contributed by atoms with Crippen LogP contribution in [0.25, 0.3) is 0 Å². The summed E-state index contributed by atoms with van der Waals surface area (Å²) in [5.74, 6) is 0.655. The van der Waals surface area contributed by atoms with Crippen molar-refractivity contribution >= 4 is 11.9 Å². The van der Waals surface area contributed by atoms with Gasteiger partial charge in [0.25, 0.3) is 0 Å². The van der Waals surface area contributed by atoms with E-state index in [0.29, 0.717) is 26.3 Å². The molecule has 2 saturated heterocycles. The Labute approximate surface area is 118 Å². The number of aromatic nitrogens is 2. The van der Waals surface area contributed by atoms with Crippen LogP contribution in [0.5, 0.6) is 0 Å².